The number of nitrogens with one attached hydrogen (secondary N) is 2. The first kappa shape index (κ1) is 15.5. The first-order valence-electron chi connectivity index (χ1n) is 8.02. The van der Waals surface area contributed by atoms with Gasteiger partial charge in [0.25, 0.3) is 5.91 Å². The Morgan fingerprint density at radius 2 is 2.04 bits per heavy atom. The van der Waals surface area contributed by atoms with E-state index in [1.807, 2.05) is 25.1 Å². The minimum atomic E-state index is -0.817. The maximum Gasteiger partial charge on any atom is 0.325 e. The van der Waals surface area contributed by atoms with E-state index in [-0.39, 0.29) is 24.3 Å². The van der Waals surface area contributed by atoms with Gasteiger partial charge >= 0.3 is 6.03 Å². The second-order valence-corrected chi connectivity index (χ2v) is 6.35. The van der Waals surface area contributed by atoms with Crippen molar-refractivity contribution in [1.82, 2.24) is 10.2 Å². The van der Waals surface area contributed by atoms with Crippen LogP contribution in [0.15, 0.2) is 30.3 Å². The molecule has 1 aliphatic heterocycles. The van der Waals surface area contributed by atoms with Crippen molar-refractivity contribution in [3.63, 3.8) is 0 Å². The van der Waals surface area contributed by atoms with E-state index in [1.54, 1.807) is 12.1 Å². The molecule has 4 amide bonds. The molecule has 1 heterocycles. The summed E-state index contributed by atoms with van der Waals surface area (Å²) < 4.78 is 0. The predicted octanol–water partition coefficient (Wildman–Crippen LogP) is 2.13. The van der Waals surface area contributed by atoms with Gasteiger partial charge in [-0.05, 0) is 30.9 Å². The molecule has 1 saturated heterocycles. The van der Waals surface area contributed by atoms with Crippen LogP contribution in [0.5, 0.6) is 0 Å². The van der Waals surface area contributed by atoms with E-state index in [1.165, 1.54) is 0 Å². The largest absolute Gasteiger partial charge is 0.325 e. The summed E-state index contributed by atoms with van der Waals surface area (Å²) in [4.78, 5) is 38.1. The lowest BCUT2D eigenvalue weighted by molar-refractivity contribution is -0.136. The lowest BCUT2D eigenvalue weighted by Crippen LogP contribution is -2.54. The molecule has 0 bridgehead atoms. The van der Waals surface area contributed by atoms with Crippen LogP contribution in [-0.4, -0.2) is 34.8 Å². The van der Waals surface area contributed by atoms with Crippen LogP contribution in [0.2, 0.25) is 0 Å². The fraction of sp³-hybridized carbons (Fsp3) is 0.471. The average molecular weight is 315 g/mol. The van der Waals surface area contributed by atoms with Gasteiger partial charge in [0.15, 0.2) is 0 Å². The monoisotopic (exact) mass is 315 g/mol. The van der Waals surface area contributed by atoms with Crippen LogP contribution in [0.3, 0.4) is 0 Å². The first-order chi connectivity index (χ1) is 11.0. The molecule has 0 aromatic heterocycles. The molecule has 1 aromatic carbocycles. The molecule has 1 spiro atoms. The number of urea groups is 1. The third-order valence-corrected chi connectivity index (χ3v) is 4.86. The Bertz CT molecular complexity index is 631. The van der Waals surface area contributed by atoms with Gasteiger partial charge in [0.1, 0.15) is 12.1 Å². The highest BCUT2D eigenvalue weighted by molar-refractivity contribution is 6.10. The van der Waals surface area contributed by atoms with Crippen LogP contribution >= 0.6 is 0 Å². The fourth-order valence-electron chi connectivity index (χ4n) is 3.50. The molecule has 6 heteroatoms. The van der Waals surface area contributed by atoms with Crippen molar-refractivity contribution < 1.29 is 14.4 Å². The van der Waals surface area contributed by atoms with E-state index < -0.39 is 11.6 Å². The number of para-hydroxylation sites is 1. The van der Waals surface area contributed by atoms with E-state index in [0.717, 1.165) is 24.2 Å². The number of amides is 4. The van der Waals surface area contributed by atoms with Crippen LogP contribution in [0.1, 0.15) is 32.6 Å². The second-order valence-electron chi connectivity index (χ2n) is 6.35. The predicted molar refractivity (Wildman–Crippen MR) is 85.7 cm³/mol. The zero-order chi connectivity index (χ0) is 16.4. The molecule has 3 rings (SSSR count). The summed E-state index contributed by atoms with van der Waals surface area (Å²) in [7, 11) is 0. The van der Waals surface area contributed by atoms with E-state index >= 15 is 0 Å². The lowest BCUT2D eigenvalue weighted by Gasteiger charge is -2.36. The van der Waals surface area contributed by atoms with Crippen LogP contribution in [0.25, 0.3) is 0 Å². The number of imide groups is 1. The van der Waals surface area contributed by atoms with Crippen molar-refractivity contribution >= 4 is 23.5 Å². The minimum absolute atomic E-state index is 0.0925. The van der Waals surface area contributed by atoms with E-state index in [9.17, 15) is 14.4 Å². The number of benzene rings is 1. The van der Waals surface area contributed by atoms with Crippen LogP contribution in [0, 0.1) is 5.92 Å². The topological polar surface area (TPSA) is 78.5 Å². The van der Waals surface area contributed by atoms with Crippen LogP contribution in [-0.2, 0) is 9.59 Å². The number of anilines is 1. The van der Waals surface area contributed by atoms with Crippen molar-refractivity contribution in [3.8, 4) is 0 Å². The Balaban J connectivity index is 1.69. The van der Waals surface area contributed by atoms with Crippen molar-refractivity contribution in [2.75, 3.05) is 11.9 Å². The molecule has 1 saturated carbocycles. The molecule has 2 atom stereocenters. The molecular weight excluding hydrogens is 294 g/mol. The van der Waals surface area contributed by atoms with E-state index in [4.69, 9.17) is 0 Å². The normalized spacial score (nSPS) is 27.2. The molecule has 2 fully saturated rings. The van der Waals surface area contributed by atoms with Gasteiger partial charge in [0.05, 0.1) is 0 Å². The van der Waals surface area contributed by atoms with Gasteiger partial charge in [-0.2, -0.15) is 0 Å². The standard InChI is InChI=1S/C17H21N3O3/c1-12-7-5-6-10-17(12)15(22)20(16(23)19-17)11-14(21)18-13-8-3-2-4-9-13/h2-4,8-9,12H,5-7,10-11H2,1H3,(H,18,21)(H,19,23). The van der Waals surface area contributed by atoms with Crippen molar-refractivity contribution in [1.29, 1.82) is 0 Å². The highest BCUT2D eigenvalue weighted by atomic mass is 16.2. The summed E-state index contributed by atoms with van der Waals surface area (Å²) >= 11 is 0. The summed E-state index contributed by atoms with van der Waals surface area (Å²) in [6.07, 6.45) is 3.55. The molecule has 2 N–H and O–H groups in total. The van der Waals surface area contributed by atoms with Gasteiger partial charge in [-0.1, -0.05) is 38.0 Å². The van der Waals surface area contributed by atoms with Crippen molar-refractivity contribution in [3.05, 3.63) is 30.3 Å². The summed E-state index contributed by atoms with van der Waals surface area (Å²) in [5.41, 5.74) is -0.173. The number of hydrogen-bond acceptors (Lipinski definition) is 3. The van der Waals surface area contributed by atoms with E-state index in [0.29, 0.717) is 12.1 Å². The number of rotatable bonds is 3. The molecule has 6 nitrogen and oxygen atoms in total. The third-order valence-electron chi connectivity index (χ3n) is 4.86. The van der Waals surface area contributed by atoms with Gasteiger partial charge in [0.2, 0.25) is 5.91 Å². The Morgan fingerprint density at radius 3 is 2.74 bits per heavy atom. The molecule has 2 unspecified atom stereocenters. The van der Waals surface area contributed by atoms with Gasteiger partial charge < -0.3 is 10.6 Å². The summed E-state index contributed by atoms with van der Waals surface area (Å²) in [6.45, 7) is 1.74. The average Bonchev–Trinajstić information content (AvgIpc) is 2.76. The van der Waals surface area contributed by atoms with Gasteiger partial charge in [0, 0.05) is 5.69 Å². The maximum atomic E-state index is 12.8. The Hall–Kier alpha value is -2.37. The number of nitrogens with zero attached hydrogens (tertiary/aromatic N) is 1. The quantitative estimate of drug-likeness (QED) is 0.839. The van der Waals surface area contributed by atoms with Crippen molar-refractivity contribution in [2.24, 2.45) is 5.92 Å². The van der Waals surface area contributed by atoms with E-state index in [2.05, 4.69) is 10.6 Å². The highest BCUT2D eigenvalue weighted by Crippen LogP contribution is 2.38. The van der Waals surface area contributed by atoms with Gasteiger partial charge in [-0.25, -0.2) is 4.79 Å². The minimum Gasteiger partial charge on any atom is -0.325 e. The fourth-order valence-corrected chi connectivity index (χ4v) is 3.50. The SMILES string of the molecule is CC1CCCCC12NC(=O)N(CC(=O)Nc1ccccc1)C2=O. The molecule has 2 aliphatic rings. The Morgan fingerprint density at radius 1 is 1.30 bits per heavy atom. The van der Waals surface area contributed by atoms with Gasteiger partial charge in [-0.15, -0.1) is 0 Å². The molecule has 0 radical (unpaired) electrons. The smallest absolute Gasteiger partial charge is 0.325 e. The lowest BCUT2D eigenvalue weighted by atomic mass is 9.73. The summed E-state index contributed by atoms with van der Waals surface area (Å²) in [6, 6.07) is 8.51. The Kier molecular flexibility index (Phi) is 4.07. The molecular formula is C17H21N3O3. The zero-order valence-corrected chi connectivity index (χ0v) is 13.2. The number of carbonyl (C=O) groups is 3. The number of hydrogen-bond donors (Lipinski definition) is 2. The molecule has 122 valence electrons. The summed E-state index contributed by atoms with van der Waals surface area (Å²) in [5, 5.41) is 5.55. The zero-order valence-electron chi connectivity index (χ0n) is 13.2. The molecule has 1 aliphatic carbocycles. The summed E-state index contributed by atoms with van der Waals surface area (Å²) in [5.74, 6) is -0.548. The van der Waals surface area contributed by atoms with Crippen LogP contribution in [0.4, 0.5) is 10.5 Å². The highest BCUT2D eigenvalue weighted by Gasteiger charge is 2.55. The molecule has 1 aromatic rings. The second kappa shape index (κ2) is 6.02. The van der Waals surface area contributed by atoms with Crippen LogP contribution < -0.4 is 10.6 Å². The third kappa shape index (κ3) is 2.81. The number of carbonyl (C=O) groups excluding carboxylic acids is 3. The molecule has 23 heavy (non-hydrogen) atoms. The first-order valence-corrected chi connectivity index (χ1v) is 8.02. The van der Waals surface area contributed by atoms with Gasteiger partial charge in [-0.3, -0.25) is 14.5 Å². The Labute approximate surface area is 135 Å². The maximum absolute atomic E-state index is 12.8. The van der Waals surface area contributed by atoms with Crippen molar-refractivity contribution in [2.45, 2.75) is 38.1 Å².